The summed E-state index contributed by atoms with van der Waals surface area (Å²) in [6.45, 7) is 4.79. The second-order valence-corrected chi connectivity index (χ2v) is 5.83. The third kappa shape index (κ3) is 4.32. The van der Waals surface area contributed by atoms with Gasteiger partial charge in [0, 0.05) is 38.0 Å². The van der Waals surface area contributed by atoms with Gasteiger partial charge in [0.05, 0.1) is 5.92 Å². The number of methoxy groups -OCH3 is 1. The van der Waals surface area contributed by atoms with Crippen molar-refractivity contribution < 1.29 is 19.1 Å². The van der Waals surface area contributed by atoms with Crippen LogP contribution in [0.3, 0.4) is 0 Å². The summed E-state index contributed by atoms with van der Waals surface area (Å²) in [4.78, 5) is 37.4. The van der Waals surface area contributed by atoms with Gasteiger partial charge in [0.15, 0.2) is 0 Å². The molecule has 7 heteroatoms. The molecule has 0 aromatic heterocycles. The molecule has 1 atom stereocenters. The highest BCUT2D eigenvalue weighted by molar-refractivity contribution is 5.98. The van der Waals surface area contributed by atoms with Gasteiger partial charge in [0.2, 0.25) is 17.7 Å². The molecule has 1 unspecified atom stereocenters. The van der Waals surface area contributed by atoms with Crippen LogP contribution in [-0.4, -0.2) is 49.4 Å². The monoisotopic (exact) mass is 333 g/mol. The normalized spacial score (nSPS) is 17.0. The number of benzene rings is 1. The van der Waals surface area contributed by atoms with Gasteiger partial charge in [-0.15, -0.1) is 0 Å². The van der Waals surface area contributed by atoms with Gasteiger partial charge < -0.3 is 20.3 Å². The van der Waals surface area contributed by atoms with E-state index in [1.165, 1.54) is 7.11 Å². The molecule has 130 valence electrons. The molecule has 1 aromatic carbocycles. The van der Waals surface area contributed by atoms with Gasteiger partial charge in [-0.1, -0.05) is 6.07 Å². The van der Waals surface area contributed by atoms with Gasteiger partial charge in [-0.05, 0) is 31.5 Å². The Bertz CT molecular complexity index is 645. The first kappa shape index (κ1) is 17.9. The fourth-order valence-electron chi connectivity index (χ4n) is 2.65. The molecular formula is C17H23N3O4. The Morgan fingerprint density at radius 3 is 2.71 bits per heavy atom. The molecule has 0 radical (unpaired) electrons. The molecule has 0 spiro atoms. The average Bonchev–Trinajstić information content (AvgIpc) is 2.92. The number of nitrogens with one attached hydrogen (secondary N) is 2. The third-order valence-corrected chi connectivity index (χ3v) is 4.02. The summed E-state index contributed by atoms with van der Waals surface area (Å²) < 4.78 is 4.77. The molecule has 2 N–H and O–H groups in total. The predicted molar refractivity (Wildman–Crippen MR) is 90.7 cm³/mol. The molecule has 3 amide bonds. The van der Waals surface area contributed by atoms with Crippen LogP contribution in [0.1, 0.15) is 18.9 Å². The van der Waals surface area contributed by atoms with Crippen LogP contribution in [0.4, 0.5) is 11.4 Å². The number of hydrogen-bond acceptors (Lipinski definition) is 4. The molecule has 0 saturated carbocycles. The zero-order valence-corrected chi connectivity index (χ0v) is 14.2. The first-order valence-electron chi connectivity index (χ1n) is 7.92. The highest BCUT2D eigenvalue weighted by Gasteiger charge is 2.33. The molecular weight excluding hydrogens is 310 g/mol. The van der Waals surface area contributed by atoms with Gasteiger partial charge in [-0.25, -0.2) is 0 Å². The number of rotatable bonds is 6. The lowest BCUT2D eigenvalue weighted by Gasteiger charge is -2.15. The minimum Gasteiger partial charge on any atom is -0.375 e. The van der Waals surface area contributed by atoms with Crippen LogP contribution in [0.15, 0.2) is 18.2 Å². The van der Waals surface area contributed by atoms with Crippen molar-refractivity contribution in [1.29, 1.82) is 0 Å². The van der Waals surface area contributed by atoms with E-state index < -0.39 is 0 Å². The number of anilines is 2. The third-order valence-electron chi connectivity index (χ3n) is 4.02. The van der Waals surface area contributed by atoms with Crippen LogP contribution < -0.4 is 10.6 Å². The quantitative estimate of drug-likeness (QED) is 0.823. The molecule has 0 aliphatic carbocycles. The topological polar surface area (TPSA) is 87.7 Å². The average molecular weight is 333 g/mol. The summed E-state index contributed by atoms with van der Waals surface area (Å²) in [6.07, 6.45) is 0.239. The number of carbonyl (C=O) groups is 3. The van der Waals surface area contributed by atoms with Crippen molar-refractivity contribution in [3.8, 4) is 0 Å². The summed E-state index contributed by atoms with van der Waals surface area (Å²) in [6, 6.07) is 5.28. The molecule has 1 aliphatic heterocycles. The van der Waals surface area contributed by atoms with E-state index in [4.69, 9.17) is 4.74 Å². The molecule has 1 fully saturated rings. The van der Waals surface area contributed by atoms with Crippen molar-refractivity contribution in [3.63, 3.8) is 0 Å². The number of aryl methyl sites for hydroxylation is 1. The minimum absolute atomic E-state index is 0.00921. The molecule has 7 nitrogen and oxygen atoms in total. The molecule has 1 aliphatic rings. The first-order valence-corrected chi connectivity index (χ1v) is 7.92. The largest absolute Gasteiger partial charge is 0.375 e. The van der Waals surface area contributed by atoms with E-state index in [9.17, 15) is 14.4 Å². The molecule has 1 saturated heterocycles. The van der Waals surface area contributed by atoms with Crippen molar-refractivity contribution in [3.05, 3.63) is 23.8 Å². The second-order valence-electron chi connectivity index (χ2n) is 5.83. The number of hydrogen-bond donors (Lipinski definition) is 2. The van der Waals surface area contributed by atoms with Crippen molar-refractivity contribution >= 4 is 29.1 Å². The number of amides is 3. The van der Waals surface area contributed by atoms with Gasteiger partial charge >= 0.3 is 0 Å². The van der Waals surface area contributed by atoms with Crippen LogP contribution in [0, 0.1) is 12.8 Å². The van der Waals surface area contributed by atoms with Crippen molar-refractivity contribution in [2.24, 2.45) is 5.92 Å². The Balaban J connectivity index is 2.05. The van der Waals surface area contributed by atoms with Crippen molar-refractivity contribution in [2.75, 3.05) is 37.4 Å². The predicted octanol–water partition coefficient (Wildman–Crippen LogP) is 1.39. The molecule has 1 aromatic rings. The zero-order valence-electron chi connectivity index (χ0n) is 14.2. The summed E-state index contributed by atoms with van der Waals surface area (Å²) >= 11 is 0. The summed E-state index contributed by atoms with van der Waals surface area (Å²) in [5.41, 5.74) is 2.08. The Hall–Kier alpha value is -2.41. The smallest absolute Gasteiger partial charge is 0.250 e. The van der Waals surface area contributed by atoms with Crippen LogP contribution in [0.5, 0.6) is 0 Å². The van der Waals surface area contributed by atoms with Crippen LogP contribution in [-0.2, 0) is 19.1 Å². The van der Waals surface area contributed by atoms with Gasteiger partial charge in [0.25, 0.3) is 0 Å². The molecule has 1 heterocycles. The van der Waals surface area contributed by atoms with E-state index >= 15 is 0 Å². The fourth-order valence-corrected chi connectivity index (χ4v) is 2.65. The Morgan fingerprint density at radius 2 is 2.08 bits per heavy atom. The number of nitrogens with zero attached hydrogens (tertiary/aromatic N) is 1. The molecule has 24 heavy (non-hydrogen) atoms. The van der Waals surface area contributed by atoms with E-state index in [0.29, 0.717) is 24.5 Å². The fraction of sp³-hybridized carbons (Fsp3) is 0.471. The maximum atomic E-state index is 12.4. The standard InChI is InChI=1S/C17H23N3O4/c1-4-20-9-12(7-16(20)22)17(23)19-14-8-13(6-5-11(14)2)18-15(21)10-24-3/h5-6,8,12H,4,7,9-10H2,1-3H3,(H,18,21)(H,19,23). The molecule has 0 bridgehead atoms. The minimum atomic E-state index is -0.344. The SMILES string of the molecule is CCN1CC(C(=O)Nc2cc(NC(=O)COC)ccc2C)CC1=O. The van der Waals surface area contributed by atoms with Crippen LogP contribution >= 0.6 is 0 Å². The van der Waals surface area contributed by atoms with E-state index in [0.717, 1.165) is 5.56 Å². The number of ether oxygens (including phenoxy) is 1. The summed E-state index contributed by atoms with van der Waals surface area (Å²) in [7, 11) is 1.45. The lowest BCUT2D eigenvalue weighted by Crippen LogP contribution is -2.28. The molecule has 2 rings (SSSR count). The van der Waals surface area contributed by atoms with Gasteiger partial charge in [-0.2, -0.15) is 0 Å². The lowest BCUT2D eigenvalue weighted by molar-refractivity contribution is -0.128. The Kier molecular flexibility index (Phi) is 5.92. The number of likely N-dealkylation sites (tertiary alicyclic amines) is 1. The zero-order chi connectivity index (χ0) is 17.7. The summed E-state index contributed by atoms with van der Waals surface area (Å²) in [5.74, 6) is -0.778. The Morgan fingerprint density at radius 1 is 1.33 bits per heavy atom. The second kappa shape index (κ2) is 7.92. The highest BCUT2D eigenvalue weighted by Crippen LogP contribution is 2.23. The van der Waals surface area contributed by atoms with E-state index in [1.807, 2.05) is 19.9 Å². The maximum Gasteiger partial charge on any atom is 0.250 e. The maximum absolute atomic E-state index is 12.4. The summed E-state index contributed by atoms with van der Waals surface area (Å²) in [5, 5.41) is 5.56. The van der Waals surface area contributed by atoms with E-state index in [-0.39, 0.29) is 36.7 Å². The van der Waals surface area contributed by atoms with E-state index in [2.05, 4.69) is 10.6 Å². The lowest BCUT2D eigenvalue weighted by atomic mass is 10.1. The van der Waals surface area contributed by atoms with E-state index in [1.54, 1.807) is 17.0 Å². The van der Waals surface area contributed by atoms with Crippen LogP contribution in [0.25, 0.3) is 0 Å². The van der Waals surface area contributed by atoms with Gasteiger partial charge in [-0.3, -0.25) is 14.4 Å². The van der Waals surface area contributed by atoms with Crippen molar-refractivity contribution in [1.82, 2.24) is 4.90 Å². The van der Waals surface area contributed by atoms with Crippen LogP contribution in [0.2, 0.25) is 0 Å². The number of carbonyl (C=O) groups excluding carboxylic acids is 3. The van der Waals surface area contributed by atoms with Gasteiger partial charge in [0.1, 0.15) is 6.61 Å². The first-order chi connectivity index (χ1) is 11.4. The highest BCUT2D eigenvalue weighted by atomic mass is 16.5. The Labute approximate surface area is 141 Å². The van der Waals surface area contributed by atoms with Crippen molar-refractivity contribution in [2.45, 2.75) is 20.3 Å².